The third kappa shape index (κ3) is 5.85. The summed E-state index contributed by atoms with van der Waals surface area (Å²) in [6.07, 6.45) is -0.798. The minimum absolute atomic E-state index is 0.0668. The highest BCUT2D eigenvalue weighted by Gasteiger charge is 2.18. The first-order valence-electron chi connectivity index (χ1n) is 8.12. The van der Waals surface area contributed by atoms with Crippen molar-refractivity contribution in [3.63, 3.8) is 0 Å². The number of halogens is 3. The van der Waals surface area contributed by atoms with E-state index in [2.05, 4.69) is 4.99 Å². The SMILES string of the molecule is COc1ccc(Cl)cc1C(=O)N=c1sn(C(C)(C)C)cc1COCC(F)F. The number of hydrogen-bond acceptors (Lipinski definition) is 4. The molecular weight excluding hydrogens is 398 g/mol. The number of ether oxygens (including phenoxy) is 2. The van der Waals surface area contributed by atoms with E-state index < -0.39 is 18.9 Å². The molecule has 0 aliphatic carbocycles. The fourth-order valence-corrected chi connectivity index (χ4v) is 3.32. The molecule has 2 rings (SSSR count). The molecule has 148 valence electrons. The summed E-state index contributed by atoms with van der Waals surface area (Å²) in [6.45, 7) is 5.21. The smallest absolute Gasteiger partial charge is 0.282 e. The lowest BCUT2D eigenvalue weighted by Crippen LogP contribution is -2.18. The normalized spacial score (nSPS) is 12.7. The van der Waals surface area contributed by atoms with Gasteiger partial charge in [0.25, 0.3) is 12.3 Å². The van der Waals surface area contributed by atoms with Crippen LogP contribution < -0.4 is 9.41 Å². The lowest BCUT2D eigenvalue weighted by atomic mass is 10.1. The van der Waals surface area contributed by atoms with Gasteiger partial charge in [0, 0.05) is 22.3 Å². The van der Waals surface area contributed by atoms with E-state index >= 15 is 0 Å². The van der Waals surface area contributed by atoms with Gasteiger partial charge in [-0.15, -0.1) is 0 Å². The molecule has 9 heteroatoms. The molecule has 0 atom stereocenters. The van der Waals surface area contributed by atoms with E-state index in [9.17, 15) is 13.6 Å². The fraction of sp³-hybridized carbons (Fsp3) is 0.444. The molecule has 0 N–H and O–H groups in total. The summed E-state index contributed by atoms with van der Waals surface area (Å²) in [5, 5.41) is 0.380. The zero-order valence-electron chi connectivity index (χ0n) is 15.5. The average Bonchev–Trinajstić information content (AvgIpc) is 2.97. The largest absolute Gasteiger partial charge is 0.496 e. The summed E-state index contributed by atoms with van der Waals surface area (Å²) in [6, 6.07) is 4.67. The standard InChI is InChI=1S/C18H21ClF2N2O3S/c1-18(2,3)23-8-11(9-26-10-15(20)21)17(27-23)22-16(24)13-7-12(19)5-6-14(13)25-4/h5-8,15H,9-10H2,1-4H3. The fourth-order valence-electron chi connectivity index (χ4n) is 2.15. The Morgan fingerprint density at radius 2 is 2.07 bits per heavy atom. The molecule has 1 aromatic heterocycles. The quantitative estimate of drug-likeness (QED) is 0.694. The first-order valence-corrected chi connectivity index (χ1v) is 9.27. The first kappa shape index (κ1) is 21.5. The number of amides is 1. The zero-order chi connectivity index (χ0) is 20.2. The topological polar surface area (TPSA) is 52.8 Å². The predicted molar refractivity (Wildman–Crippen MR) is 101 cm³/mol. The molecule has 0 saturated carbocycles. The molecule has 0 aliphatic rings. The third-order valence-corrected chi connectivity index (χ3v) is 5.10. The molecule has 1 aromatic carbocycles. The minimum Gasteiger partial charge on any atom is -0.496 e. The summed E-state index contributed by atoms with van der Waals surface area (Å²) in [5.74, 6) is -0.184. The molecule has 27 heavy (non-hydrogen) atoms. The second-order valence-electron chi connectivity index (χ2n) is 6.72. The lowest BCUT2D eigenvalue weighted by molar-refractivity contribution is 0.00957. The molecule has 1 heterocycles. The number of carbonyl (C=O) groups excluding carboxylic acids is 1. The molecule has 0 aliphatic heterocycles. The lowest BCUT2D eigenvalue weighted by Gasteiger charge is -2.19. The summed E-state index contributed by atoms with van der Waals surface area (Å²) in [5.41, 5.74) is 0.525. The molecule has 0 bridgehead atoms. The highest BCUT2D eigenvalue weighted by Crippen LogP contribution is 2.23. The van der Waals surface area contributed by atoms with E-state index in [-0.39, 0.29) is 17.7 Å². The Morgan fingerprint density at radius 1 is 1.37 bits per heavy atom. The van der Waals surface area contributed by atoms with Gasteiger partial charge in [0.05, 0.1) is 19.3 Å². The van der Waals surface area contributed by atoms with Crippen LogP contribution in [0.4, 0.5) is 8.78 Å². The number of hydrogen-bond donors (Lipinski definition) is 0. The van der Waals surface area contributed by atoms with Crippen LogP contribution in [0.3, 0.4) is 0 Å². The van der Waals surface area contributed by atoms with Crippen LogP contribution in [-0.4, -0.2) is 30.0 Å². The number of methoxy groups -OCH3 is 1. The third-order valence-electron chi connectivity index (χ3n) is 3.49. The van der Waals surface area contributed by atoms with Gasteiger partial charge < -0.3 is 9.47 Å². The number of alkyl halides is 2. The van der Waals surface area contributed by atoms with Crippen LogP contribution in [0.5, 0.6) is 5.75 Å². The summed E-state index contributed by atoms with van der Waals surface area (Å²) in [4.78, 5) is 16.8. The van der Waals surface area contributed by atoms with Crippen LogP contribution in [-0.2, 0) is 16.9 Å². The second-order valence-corrected chi connectivity index (χ2v) is 8.11. The van der Waals surface area contributed by atoms with Gasteiger partial charge in [-0.3, -0.25) is 8.75 Å². The van der Waals surface area contributed by atoms with Crippen LogP contribution in [0.2, 0.25) is 5.02 Å². The summed E-state index contributed by atoms with van der Waals surface area (Å²) < 4.78 is 37.2. The molecule has 0 spiro atoms. The summed E-state index contributed by atoms with van der Waals surface area (Å²) in [7, 11) is 1.45. The van der Waals surface area contributed by atoms with Crippen LogP contribution in [0.1, 0.15) is 36.7 Å². The van der Waals surface area contributed by atoms with Crippen LogP contribution in [0.25, 0.3) is 0 Å². The Kier molecular flexibility index (Phi) is 7.13. The molecule has 2 aromatic rings. The maximum absolute atomic E-state index is 12.7. The van der Waals surface area contributed by atoms with E-state index in [0.29, 0.717) is 21.0 Å². The number of carbonyl (C=O) groups is 1. The Balaban J connectivity index is 2.44. The van der Waals surface area contributed by atoms with Gasteiger partial charge in [-0.25, -0.2) is 8.78 Å². The van der Waals surface area contributed by atoms with Crippen molar-refractivity contribution in [2.24, 2.45) is 4.99 Å². The van der Waals surface area contributed by atoms with E-state index in [4.69, 9.17) is 21.1 Å². The highest BCUT2D eigenvalue weighted by molar-refractivity contribution is 7.04. The first-order chi connectivity index (χ1) is 12.6. The average molecular weight is 419 g/mol. The Labute approximate surface area is 165 Å². The number of nitrogens with zero attached hydrogens (tertiary/aromatic N) is 2. The van der Waals surface area contributed by atoms with Gasteiger partial charge in [0.2, 0.25) is 0 Å². The number of benzene rings is 1. The van der Waals surface area contributed by atoms with Crippen LogP contribution in [0.15, 0.2) is 29.4 Å². The summed E-state index contributed by atoms with van der Waals surface area (Å²) >= 11 is 7.23. The molecule has 5 nitrogen and oxygen atoms in total. The van der Waals surface area contributed by atoms with Crippen molar-refractivity contribution in [2.75, 3.05) is 13.7 Å². The van der Waals surface area contributed by atoms with Gasteiger partial charge in [0.15, 0.2) is 0 Å². The second kappa shape index (κ2) is 8.95. The van der Waals surface area contributed by atoms with Crippen molar-refractivity contribution < 1.29 is 23.0 Å². The van der Waals surface area contributed by atoms with Crippen molar-refractivity contribution >= 4 is 29.0 Å². The van der Waals surface area contributed by atoms with Crippen LogP contribution in [0, 0.1) is 0 Å². The highest BCUT2D eigenvalue weighted by atomic mass is 35.5. The van der Waals surface area contributed by atoms with Crippen LogP contribution >= 0.6 is 23.1 Å². The molecule has 1 amide bonds. The molecule has 0 radical (unpaired) electrons. The molecule has 0 fully saturated rings. The van der Waals surface area contributed by atoms with Gasteiger partial charge in [-0.1, -0.05) is 11.6 Å². The van der Waals surface area contributed by atoms with Crippen molar-refractivity contribution in [3.05, 3.63) is 45.2 Å². The van der Waals surface area contributed by atoms with Gasteiger partial charge in [-0.2, -0.15) is 4.99 Å². The molecule has 0 saturated heterocycles. The predicted octanol–water partition coefficient (Wildman–Crippen LogP) is 4.49. The van der Waals surface area contributed by atoms with Gasteiger partial charge in [-0.05, 0) is 50.5 Å². The van der Waals surface area contributed by atoms with Gasteiger partial charge in [0.1, 0.15) is 17.0 Å². The Bertz CT molecular complexity index is 872. The Hall–Kier alpha value is -1.77. The van der Waals surface area contributed by atoms with E-state index in [1.807, 2.05) is 24.7 Å². The number of rotatable bonds is 6. The van der Waals surface area contributed by atoms with E-state index in [1.165, 1.54) is 24.7 Å². The Morgan fingerprint density at radius 3 is 2.67 bits per heavy atom. The maximum Gasteiger partial charge on any atom is 0.282 e. The number of aromatic nitrogens is 1. The molecule has 0 unspecified atom stereocenters. The van der Waals surface area contributed by atoms with Gasteiger partial charge >= 0.3 is 0 Å². The van der Waals surface area contributed by atoms with Crippen molar-refractivity contribution in [3.8, 4) is 5.75 Å². The minimum atomic E-state index is -2.56. The van der Waals surface area contributed by atoms with E-state index in [0.717, 1.165) is 0 Å². The monoisotopic (exact) mass is 418 g/mol. The van der Waals surface area contributed by atoms with Crippen molar-refractivity contribution in [2.45, 2.75) is 39.3 Å². The van der Waals surface area contributed by atoms with Crippen molar-refractivity contribution in [1.82, 2.24) is 3.96 Å². The van der Waals surface area contributed by atoms with Crippen molar-refractivity contribution in [1.29, 1.82) is 0 Å². The molecular formula is C18H21ClF2N2O3S. The maximum atomic E-state index is 12.7. The zero-order valence-corrected chi connectivity index (χ0v) is 17.0. The van der Waals surface area contributed by atoms with E-state index in [1.54, 1.807) is 18.3 Å².